The summed E-state index contributed by atoms with van der Waals surface area (Å²) in [7, 11) is 0. The van der Waals surface area contributed by atoms with Crippen molar-refractivity contribution in [2.75, 3.05) is 5.32 Å². The van der Waals surface area contributed by atoms with Gasteiger partial charge in [0.1, 0.15) is 0 Å². The van der Waals surface area contributed by atoms with Crippen LogP contribution in [0.15, 0.2) is 24.3 Å². The number of hydrogen-bond donors (Lipinski definition) is 2. The van der Waals surface area contributed by atoms with Crippen LogP contribution in [0.4, 0.5) is 10.5 Å². The zero-order chi connectivity index (χ0) is 15.7. The van der Waals surface area contributed by atoms with E-state index < -0.39 is 0 Å². The standard InChI is InChI=1S/C17H26N2O2/c1-4-6-10-15(8-5-2)18-17(21)19-16-11-7-9-14(12-16)13(3)20/h7,9,11-12,15H,4-6,8,10H2,1-3H3,(H2,18,19,21). The Balaban J connectivity index is 2.58. The van der Waals surface area contributed by atoms with E-state index in [4.69, 9.17) is 0 Å². The lowest BCUT2D eigenvalue weighted by molar-refractivity contribution is 0.101. The van der Waals surface area contributed by atoms with E-state index in [0.29, 0.717) is 11.3 Å². The molecule has 0 heterocycles. The molecule has 116 valence electrons. The maximum absolute atomic E-state index is 12.0. The highest BCUT2D eigenvalue weighted by molar-refractivity contribution is 5.96. The Morgan fingerprint density at radius 3 is 2.52 bits per heavy atom. The van der Waals surface area contributed by atoms with Crippen molar-refractivity contribution in [2.24, 2.45) is 0 Å². The van der Waals surface area contributed by atoms with Gasteiger partial charge in [0, 0.05) is 17.3 Å². The van der Waals surface area contributed by atoms with Gasteiger partial charge in [0.2, 0.25) is 0 Å². The van der Waals surface area contributed by atoms with Crippen LogP contribution in [0.2, 0.25) is 0 Å². The second-order valence-corrected chi connectivity index (χ2v) is 5.36. The van der Waals surface area contributed by atoms with E-state index in [2.05, 4.69) is 24.5 Å². The van der Waals surface area contributed by atoms with Crippen molar-refractivity contribution in [3.05, 3.63) is 29.8 Å². The highest BCUT2D eigenvalue weighted by atomic mass is 16.2. The molecule has 1 aromatic carbocycles. The van der Waals surface area contributed by atoms with Crippen molar-refractivity contribution in [3.63, 3.8) is 0 Å². The molecule has 1 aromatic rings. The number of amides is 2. The molecule has 0 spiro atoms. The van der Waals surface area contributed by atoms with Gasteiger partial charge in [0.15, 0.2) is 5.78 Å². The monoisotopic (exact) mass is 290 g/mol. The molecule has 1 rings (SSSR count). The average Bonchev–Trinajstić information content (AvgIpc) is 2.45. The first kappa shape index (κ1) is 17.2. The molecule has 4 heteroatoms. The molecule has 0 fully saturated rings. The van der Waals surface area contributed by atoms with E-state index in [0.717, 1.165) is 32.1 Å². The average molecular weight is 290 g/mol. The van der Waals surface area contributed by atoms with E-state index in [-0.39, 0.29) is 17.9 Å². The number of ketones is 1. The van der Waals surface area contributed by atoms with E-state index >= 15 is 0 Å². The highest BCUT2D eigenvalue weighted by Gasteiger charge is 2.11. The second kappa shape index (κ2) is 9.16. The van der Waals surface area contributed by atoms with Gasteiger partial charge in [-0.15, -0.1) is 0 Å². The zero-order valence-electron chi connectivity index (χ0n) is 13.2. The summed E-state index contributed by atoms with van der Waals surface area (Å²) in [6, 6.07) is 7.01. The number of rotatable bonds is 8. The largest absolute Gasteiger partial charge is 0.335 e. The fourth-order valence-corrected chi connectivity index (χ4v) is 2.26. The Morgan fingerprint density at radius 1 is 1.14 bits per heavy atom. The first-order valence-corrected chi connectivity index (χ1v) is 7.75. The number of nitrogens with one attached hydrogen (secondary N) is 2. The lowest BCUT2D eigenvalue weighted by Gasteiger charge is -2.18. The van der Waals surface area contributed by atoms with Crippen molar-refractivity contribution >= 4 is 17.5 Å². The maximum Gasteiger partial charge on any atom is 0.319 e. The van der Waals surface area contributed by atoms with Gasteiger partial charge < -0.3 is 10.6 Å². The molecular weight excluding hydrogens is 264 g/mol. The molecule has 21 heavy (non-hydrogen) atoms. The van der Waals surface area contributed by atoms with Gasteiger partial charge in [-0.3, -0.25) is 4.79 Å². The number of carbonyl (C=O) groups is 2. The summed E-state index contributed by atoms with van der Waals surface area (Å²) in [4.78, 5) is 23.4. The third-order valence-electron chi connectivity index (χ3n) is 3.41. The fourth-order valence-electron chi connectivity index (χ4n) is 2.26. The van der Waals surface area contributed by atoms with Crippen molar-refractivity contribution in [1.82, 2.24) is 5.32 Å². The first-order valence-electron chi connectivity index (χ1n) is 7.75. The molecule has 2 amide bonds. The molecule has 0 aliphatic carbocycles. The minimum atomic E-state index is -0.203. The molecule has 2 N–H and O–H groups in total. The maximum atomic E-state index is 12.0. The van der Waals surface area contributed by atoms with Crippen LogP contribution in [0.25, 0.3) is 0 Å². The van der Waals surface area contributed by atoms with Gasteiger partial charge >= 0.3 is 6.03 Å². The molecular formula is C17H26N2O2. The molecule has 0 aliphatic heterocycles. The molecule has 4 nitrogen and oxygen atoms in total. The number of urea groups is 1. The van der Waals surface area contributed by atoms with E-state index in [9.17, 15) is 9.59 Å². The number of hydrogen-bond acceptors (Lipinski definition) is 2. The smallest absolute Gasteiger partial charge is 0.319 e. The second-order valence-electron chi connectivity index (χ2n) is 5.36. The summed E-state index contributed by atoms with van der Waals surface area (Å²) in [5.41, 5.74) is 1.25. The Labute approximate surface area is 127 Å². The van der Waals surface area contributed by atoms with Crippen molar-refractivity contribution in [1.29, 1.82) is 0 Å². The van der Waals surface area contributed by atoms with Crippen LogP contribution in [0, 0.1) is 0 Å². The van der Waals surface area contributed by atoms with Crippen LogP contribution in [-0.4, -0.2) is 17.9 Å². The quantitative estimate of drug-likeness (QED) is 0.698. The zero-order valence-corrected chi connectivity index (χ0v) is 13.2. The van der Waals surface area contributed by atoms with Crippen LogP contribution in [0.1, 0.15) is 63.2 Å². The van der Waals surface area contributed by atoms with Crippen LogP contribution >= 0.6 is 0 Å². The molecule has 0 bridgehead atoms. The van der Waals surface area contributed by atoms with Crippen LogP contribution in [0.5, 0.6) is 0 Å². The lowest BCUT2D eigenvalue weighted by atomic mass is 10.1. The number of benzene rings is 1. The first-order chi connectivity index (χ1) is 10.1. The minimum absolute atomic E-state index is 0.00846. The SMILES string of the molecule is CCCCC(CCC)NC(=O)Nc1cccc(C(C)=O)c1. The van der Waals surface area contributed by atoms with Gasteiger partial charge in [0.05, 0.1) is 0 Å². The number of anilines is 1. The summed E-state index contributed by atoms with van der Waals surface area (Å²) in [5.74, 6) is -0.00846. The Bertz CT molecular complexity index is 472. The summed E-state index contributed by atoms with van der Waals surface area (Å²) >= 11 is 0. The van der Waals surface area contributed by atoms with Crippen LogP contribution in [0.3, 0.4) is 0 Å². The summed E-state index contributed by atoms with van der Waals surface area (Å²) in [6.45, 7) is 5.78. The third-order valence-corrected chi connectivity index (χ3v) is 3.41. The molecule has 0 saturated carbocycles. The molecule has 0 radical (unpaired) electrons. The summed E-state index contributed by atoms with van der Waals surface area (Å²) in [5, 5.41) is 5.82. The van der Waals surface area contributed by atoms with Crippen molar-refractivity contribution in [3.8, 4) is 0 Å². The number of unbranched alkanes of at least 4 members (excludes halogenated alkanes) is 1. The number of Topliss-reactive ketones (excluding diaryl/α,β-unsaturated/α-hetero) is 1. The predicted molar refractivity (Wildman–Crippen MR) is 86.8 cm³/mol. The van der Waals surface area contributed by atoms with Gasteiger partial charge in [-0.2, -0.15) is 0 Å². The molecule has 1 atom stereocenters. The van der Waals surface area contributed by atoms with Gasteiger partial charge in [-0.05, 0) is 31.9 Å². The Hall–Kier alpha value is -1.84. The van der Waals surface area contributed by atoms with Crippen LogP contribution < -0.4 is 10.6 Å². The predicted octanol–water partition coefficient (Wildman–Crippen LogP) is 4.37. The number of carbonyl (C=O) groups excluding carboxylic acids is 2. The normalized spacial score (nSPS) is 11.8. The summed E-state index contributed by atoms with van der Waals surface area (Å²) in [6.07, 6.45) is 5.29. The Morgan fingerprint density at radius 2 is 1.90 bits per heavy atom. The molecule has 0 aromatic heterocycles. The van der Waals surface area contributed by atoms with E-state index in [1.54, 1.807) is 24.3 Å². The van der Waals surface area contributed by atoms with Gasteiger partial charge in [-0.25, -0.2) is 4.79 Å². The lowest BCUT2D eigenvalue weighted by Crippen LogP contribution is -2.37. The molecule has 1 unspecified atom stereocenters. The highest BCUT2D eigenvalue weighted by Crippen LogP contribution is 2.12. The van der Waals surface area contributed by atoms with E-state index in [1.165, 1.54) is 6.92 Å². The van der Waals surface area contributed by atoms with Crippen molar-refractivity contribution in [2.45, 2.75) is 58.9 Å². The fraction of sp³-hybridized carbons (Fsp3) is 0.529. The van der Waals surface area contributed by atoms with Crippen LogP contribution in [-0.2, 0) is 0 Å². The van der Waals surface area contributed by atoms with Gasteiger partial charge in [0.25, 0.3) is 0 Å². The van der Waals surface area contributed by atoms with Gasteiger partial charge in [-0.1, -0.05) is 45.2 Å². The van der Waals surface area contributed by atoms with E-state index in [1.807, 2.05) is 0 Å². The summed E-state index contributed by atoms with van der Waals surface area (Å²) < 4.78 is 0. The minimum Gasteiger partial charge on any atom is -0.335 e. The topological polar surface area (TPSA) is 58.2 Å². The molecule has 0 saturated heterocycles. The Kier molecular flexibility index (Phi) is 7.51. The van der Waals surface area contributed by atoms with Crippen molar-refractivity contribution < 1.29 is 9.59 Å². The third kappa shape index (κ3) is 6.43. The molecule has 0 aliphatic rings.